The van der Waals surface area contributed by atoms with Crippen LogP contribution in [0.5, 0.6) is 5.75 Å². The quantitative estimate of drug-likeness (QED) is 0.467. The number of fused-ring (bicyclic) bond motifs is 2. The number of carboxylic acid groups (broad SMARTS) is 1. The molecule has 0 spiro atoms. The van der Waals surface area contributed by atoms with Gasteiger partial charge in [0.1, 0.15) is 24.2 Å². The number of rotatable bonds is 6. The molecule has 0 saturated carbocycles. The fourth-order valence-corrected chi connectivity index (χ4v) is 7.15. The van der Waals surface area contributed by atoms with Gasteiger partial charge in [0.25, 0.3) is 0 Å². The first-order valence-electron chi connectivity index (χ1n) is 10.7. The van der Waals surface area contributed by atoms with Gasteiger partial charge in [-0.15, -0.1) is 0 Å². The summed E-state index contributed by atoms with van der Waals surface area (Å²) in [6.45, 7) is 1.54. The largest absolute Gasteiger partial charge is 0.489 e. The lowest BCUT2D eigenvalue weighted by Crippen LogP contribution is -2.36. The Labute approximate surface area is 212 Å². The first kappa shape index (κ1) is 23.7. The number of likely N-dealkylation sites (tertiary alicyclic amines) is 1. The summed E-state index contributed by atoms with van der Waals surface area (Å²) >= 11 is 8.39. The van der Waals surface area contributed by atoms with Crippen molar-refractivity contribution in [1.29, 1.82) is 0 Å². The summed E-state index contributed by atoms with van der Waals surface area (Å²) in [5.74, 6) is -3.59. The average Bonchev–Trinajstić information content (AvgIpc) is 3.29. The number of aryl methyl sites for hydroxylation is 1. The van der Waals surface area contributed by atoms with Crippen LogP contribution in [0, 0.1) is 12.8 Å². The number of aromatic nitrogens is 1. The second kappa shape index (κ2) is 9.18. The molecule has 1 saturated heterocycles. The number of nitrogens with zero attached hydrogens (tertiary/aromatic N) is 1. The van der Waals surface area contributed by atoms with Crippen LogP contribution in [0.4, 0.5) is 0 Å². The fraction of sp³-hybridized carbons (Fsp3) is 0.250. The molecular weight excluding hydrogens is 512 g/mol. The van der Waals surface area contributed by atoms with Crippen LogP contribution in [0.25, 0.3) is 0 Å². The maximum atomic E-state index is 13.4. The monoisotopic (exact) mass is 530 g/mol. The van der Waals surface area contributed by atoms with E-state index in [0.717, 1.165) is 39.1 Å². The Morgan fingerprint density at radius 2 is 1.89 bits per heavy atom. The molecule has 0 unspecified atom stereocenters. The second-order valence-electron chi connectivity index (χ2n) is 8.36. The van der Waals surface area contributed by atoms with Crippen LogP contribution in [0.2, 0.25) is 5.02 Å². The Kier molecular flexibility index (Phi) is 6.20. The third-order valence-corrected chi connectivity index (χ3v) is 8.67. The summed E-state index contributed by atoms with van der Waals surface area (Å²) in [6.07, 6.45) is 0. The molecule has 3 heterocycles. The number of amides is 2. The number of carboxylic acids is 1. The Morgan fingerprint density at radius 3 is 2.60 bits per heavy atom. The molecule has 2 amide bonds. The van der Waals surface area contributed by atoms with Crippen LogP contribution >= 0.6 is 34.7 Å². The Bertz CT molecular complexity index is 1400. The van der Waals surface area contributed by atoms with Crippen molar-refractivity contribution in [3.05, 3.63) is 78.7 Å². The second-order valence-corrected chi connectivity index (χ2v) is 11.0. The first-order valence-corrected chi connectivity index (χ1v) is 12.7. The van der Waals surface area contributed by atoms with Gasteiger partial charge in [-0.1, -0.05) is 64.5 Å². The van der Waals surface area contributed by atoms with Gasteiger partial charge in [-0.05, 0) is 30.7 Å². The van der Waals surface area contributed by atoms with Crippen molar-refractivity contribution >= 4 is 52.5 Å². The van der Waals surface area contributed by atoms with Gasteiger partial charge in [-0.3, -0.25) is 24.1 Å². The van der Waals surface area contributed by atoms with Crippen molar-refractivity contribution in [2.45, 2.75) is 29.7 Å². The van der Waals surface area contributed by atoms with Crippen LogP contribution < -0.4 is 9.61 Å². The SMILES string of the molecule is Cc1ccc(COc2ccc(Cl)cc2[C@@H]2c3sc(=O)[nH]c3S[C@@H]3C(=O)N(CC(=O)O)C(=O)[C@H]23)cc1. The number of H-pyrrole nitrogens is 1. The van der Waals surface area contributed by atoms with Crippen LogP contribution in [-0.2, 0) is 21.0 Å². The minimum Gasteiger partial charge on any atom is -0.489 e. The molecule has 2 aromatic carbocycles. The lowest BCUT2D eigenvalue weighted by Gasteiger charge is -2.31. The van der Waals surface area contributed by atoms with Gasteiger partial charge in [0.2, 0.25) is 11.8 Å². The number of benzene rings is 2. The number of thiazole rings is 1. The highest BCUT2D eigenvalue weighted by Crippen LogP contribution is 2.54. The normalized spacial score (nSPS) is 21.1. The third-order valence-electron chi connectivity index (χ3n) is 6.03. The van der Waals surface area contributed by atoms with E-state index in [4.69, 9.17) is 16.3 Å². The van der Waals surface area contributed by atoms with Crippen molar-refractivity contribution in [2.24, 2.45) is 5.92 Å². The van der Waals surface area contributed by atoms with E-state index in [0.29, 0.717) is 26.2 Å². The van der Waals surface area contributed by atoms with Crippen molar-refractivity contribution in [1.82, 2.24) is 9.88 Å². The highest BCUT2D eigenvalue weighted by Gasteiger charge is 2.56. The number of imide groups is 1. The zero-order valence-electron chi connectivity index (χ0n) is 18.3. The van der Waals surface area contributed by atoms with Crippen LogP contribution in [0.3, 0.4) is 0 Å². The zero-order valence-corrected chi connectivity index (χ0v) is 20.7. The molecule has 3 atom stereocenters. The van der Waals surface area contributed by atoms with Crippen molar-refractivity contribution in [3.63, 3.8) is 0 Å². The predicted octanol–water partition coefficient (Wildman–Crippen LogP) is 3.65. The molecule has 2 aliphatic rings. The Hall–Kier alpha value is -3.08. The molecule has 0 aliphatic carbocycles. The highest BCUT2D eigenvalue weighted by atomic mass is 35.5. The number of aliphatic carboxylic acids is 1. The zero-order chi connectivity index (χ0) is 24.9. The topological polar surface area (TPSA) is 117 Å². The summed E-state index contributed by atoms with van der Waals surface area (Å²) in [5, 5.41) is 9.27. The van der Waals surface area contributed by atoms with E-state index in [1.54, 1.807) is 18.2 Å². The number of ether oxygens (including phenoxy) is 1. The summed E-state index contributed by atoms with van der Waals surface area (Å²) < 4.78 is 6.14. The highest BCUT2D eigenvalue weighted by molar-refractivity contribution is 8.00. The van der Waals surface area contributed by atoms with Gasteiger partial charge >= 0.3 is 10.8 Å². The summed E-state index contributed by atoms with van der Waals surface area (Å²) in [7, 11) is 0. The summed E-state index contributed by atoms with van der Waals surface area (Å²) in [4.78, 5) is 53.8. The molecule has 1 fully saturated rings. The van der Waals surface area contributed by atoms with Gasteiger partial charge in [0.15, 0.2) is 0 Å². The standard InChI is InChI=1S/C24H19ClN2O6S2/c1-11-2-4-12(5-3-11)10-33-15-7-6-13(25)8-14(15)17-18-20(34-21-19(17)35-24(32)26-21)23(31)27(22(18)30)9-16(28)29/h2-8,17-18,20H,9-10H2,1H3,(H,26,32)(H,28,29)/t17-,18+,20-/m0/s1. The van der Waals surface area contributed by atoms with Gasteiger partial charge in [0, 0.05) is 21.4 Å². The molecule has 1 aromatic heterocycles. The molecular formula is C24H19ClN2O6S2. The van der Waals surface area contributed by atoms with E-state index in [9.17, 15) is 24.3 Å². The number of thioether (sulfide) groups is 1. The minimum absolute atomic E-state index is 0.263. The molecule has 0 bridgehead atoms. The molecule has 35 heavy (non-hydrogen) atoms. The third kappa shape index (κ3) is 4.37. The van der Waals surface area contributed by atoms with E-state index in [1.807, 2.05) is 31.2 Å². The predicted molar refractivity (Wildman–Crippen MR) is 131 cm³/mol. The average molecular weight is 531 g/mol. The Morgan fingerprint density at radius 1 is 1.14 bits per heavy atom. The minimum atomic E-state index is -1.28. The molecule has 2 aliphatic heterocycles. The molecule has 5 rings (SSSR count). The van der Waals surface area contributed by atoms with Crippen LogP contribution in [0.1, 0.15) is 27.5 Å². The number of nitrogens with one attached hydrogen (secondary N) is 1. The van der Waals surface area contributed by atoms with Crippen LogP contribution in [0.15, 0.2) is 52.3 Å². The van der Waals surface area contributed by atoms with E-state index in [-0.39, 0.29) is 11.5 Å². The molecule has 8 nitrogen and oxygen atoms in total. The van der Waals surface area contributed by atoms with Crippen molar-refractivity contribution in [3.8, 4) is 5.75 Å². The lowest BCUT2D eigenvalue weighted by atomic mass is 9.82. The maximum Gasteiger partial charge on any atom is 0.323 e. The smallest absolute Gasteiger partial charge is 0.323 e. The van der Waals surface area contributed by atoms with E-state index >= 15 is 0 Å². The number of hydrogen-bond donors (Lipinski definition) is 2. The van der Waals surface area contributed by atoms with E-state index < -0.39 is 41.4 Å². The van der Waals surface area contributed by atoms with Gasteiger partial charge in [-0.2, -0.15) is 0 Å². The number of carbonyl (C=O) groups is 3. The van der Waals surface area contributed by atoms with Gasteiger partial charge in [-0.25, -0.2) is 0 Å². The number of halogens is 1. The van der Waals surface area contributed by atoms with E-state index in [2.05, 4.69) is 4.98 Å². The fourth-order valence-electron chi connectivity index (χ4n) is 4.44. The molecule has 2 N–H and O–H groups in total. The number of carbonyl (C=O) groups excluding carboxylic acids is 2. The van der Waals surface area contributed by atoms with E-state index in [1.165, 1.54) is 0 Å². The summed E-state index contributed by atoms with van der Waals surface area (Å²) in [5.41, 5.74) is 2.63. The Balaban J connectivity index is 1.58. The molecule has 0 radical (unpaired) electrons. The van der Waals surface area contributed by atoms with Crippen molar-refractivity contribution in [2.75, 3.05) is 6.54 Å². The summed E-state index contributed by atoms with van der Waals surface area (Å²) in [6, 6.07) is 12.9. The molecule has 11 heteroatoms. The number of hydrogen-bond acceptors (Lipinski definition) is 7. The van der Waals surface area contributed by atoms with Crippen LogP contribution in [-0.4, -0.2) is 44.6 Å². The van der Waals surface area contributed by atoms with Gasteiger partial charge < -0.3 is 14.8 Å². The molecule has 3 aromatic rings. The van der Waals surface area contributed by atoms with Gasteiger partial charge in [0.05, 0.1) is 10.9 Å². The first-order chi connectivity index (χ1) is 16.7. The number of aromatic amines is 1. The maximum absolute atomic E-state index is 13.4. The van der Waals surface area contributed by atoms with Crippen molar-refractivity contribution < 1.29 is 24.2 Å². The lowest BCUT2D eigenvalue weighted by molar-refractivity contribution is -0.149. The molecule has 180 valence electrons.